The number of rotatable bonds is 4. The van der Waals surface area contributed by atoms with Crippen LogP contribution >= 0.6 is 0 Å². The molecule has 0 aliphatic carbocycles. The van der Waals surface area contributed by atoms with Crippen molar-refractivity contribution in [1.82, 2.24) is 5.32 Å². The molecule has 0 aliphatic rings. The van der Waals surface area contributed by atoms with E-state index in [4.69, 9.17) is 4.74 Å². The lowest BCUT2D eigenvalue weighted by atomic mass is 10.2. The van der Waals surface area contributed by atoms with Gasteiger partial charge in [-0.1, -0.05) is 18.2 Å². The van der Waals surface area contributed by atoms with Crippen molar-refractivity contribution in [2.24, 2.45) is 0 Å². The van der Waals surface area contributed by atoms with Crippen LogP contribution < -0.4 is 10.1 Å². The molecule has 2 aromatic carbocycles. The SMILES string of the molecule is CNCc1cccc(Oc2cccc(F)c2)c1. The third-order valence-corrected chi connectivity index (χ3v) is 2.31. The smallest absolute Gasteiger partial charge is 0.130 e. The largest absolute Gasteiger partial charge is 0.457 e. The molecule has 3 heteroatoms. The number of ether oxygens (including phenoxy) is 1. The van der Waals surface area contributed by atoms with Crippen molar-refractivity contribution in [3.63, 3.8) is 0 Å². The molecule has 0 aromatic heterocycles. The predicted molar refractivity (Wildman–Crippen MR) is 65.7 cm³/mol. The van der Waals surface area contributed by atoms with Crippen LogP contribution in [0.2, 0.25) is 0 Å². The number of nitrogens with one attached hydrogen (secondary N) is 1. The molecular weight excluding hydrogens is 217 g/mol. The van der Waals surface area contributed by atoms with Gasteiger partial charge in [0.15, 0.2) is 0 Å². The van der Waals surface area contributed by atoms with Crippen molar-refractivity contribution in [3.05, 3.63) is 59.9 Å². The Balaban J connectivity index is 2.15. The Morgan fingerprint density at radius 3 is 2.47 bits per heavy atom. The lowest BCUT2D eigenvalue weighted by Gasteiger charge is -2.07. The van der Waals surface area contributed by atoms with Gasteiger partial charge < -0.3 is 10.1 Å². The summed E-state index contributed by atoms with van der Waals surface area (Å²) >= 11 is 0. The standard InChI is InChI=1S/C14H14FNO/c1-16-10-11-4-2-6-13(8-11)17-14-7-3-5-12(15)9-14/h2-9,16H,10H2,1H3. The predicted octanol–water partition coefficient (Wildman–Crippen LogP) is 3.34. The summed E-state index contributed by atoms with van der Waals surface area (Å²) in [7, 11) is 1.89. The topological polar surface area (TPSA) is 21.3 Å². The molecule has 2 nitrogen and oxygen atoms in total. The van der Waals surface area contributed by atoms with E-state index in [1.807, 2.05) is 31.3 Å². The van der Waals surface area contributed by atoms with Crippen LogP contribution in [0.4, 0.5) is 4.39 Å². The van der Waals surface area contributed by atoms with E-state index in [0.29, 0.717) is 11.5 Å². The number of benzene rings is 2. The fraction of sp³-hybridized carbons (Fsp3) is 0.143. The van der Waals surface area contributed by atoms with Crippen molar-refractivity contribution >= 4 is 0 Å². The van der Waals surface area contributed by atoms with E-state index in [0.717, 1.165) is 12.1 Å². The molecule has 1 N–H and O–H groups in total. The van der Waals surface area contributed by atoms with Crippen molar-refractivity contribution in [3.8, 4) is 11.5 Å². The van der Waals surface area contributed by atoms with E-state index in [1.165, 1.54) is 12.1 Å². The Bertz CT molecular complexity index is 499. The van der Waals surface area contributed by atoms with Gasteiger partial charge in [0.2, 0.25) is 0 Å². The molecule has 0 aliphatic heterocycles. The first kappa shape index (κ1) is 11.6. The lowest BCUT2D eigenvalue weighted by Crippen LogP contribution is -2.04. The Morgan fingerprint density at radius 1 is 1.06 bits per heavy atom. The van der Waals surface area contributed by atoms with Crippen LogP contribution in [-0.2, 0) is 6.54 Å². The molecule has 0 spiro atoms. The molecule has 17 heavy (non-hydrogen) atoms. The van der Waals surface area contributed by atoms with Gasteiger partial charge in [0.25, 0.3) is 0 Å². The van der Waals surface area contributed by atoms with Crippen LogP contribution in [0.3, 0.4) is 0 Å². The zero-order chi connectivity index (χ0) is 12.1. The maximum absolute atomic E-state index is 13.0. The minimum Gasteiger partial charge on any atom is -0.457 e. The highest BCUT2D eigenvalue weighted by Gasteiger charge is 1.99. The van der Waals surface area contributed by atoms with E-state index >= 15 is 0 Å². The van der Waals surface area contributed by atoms with Crippen LogP contribution in [0, 0.1) is 5.82 Å². The first-order valence-corrected chi connectivity index (χ1v) is 5.45. The average Bonchev–Trinajstić information content (AvgIpc) is 2.30. The van der Waals surface area contributed by atoms with Crippen LogP contribution in [0.1, 0.15) is 5.56 Å². The van der Waals surface area contributed by atoms with E-state index in [1.54, 1.807) is 12.1 Å². The zero-order valence-electron chi connectivity index (χ0n) is 9.61. The van der Waals surface area contributed by atoms with E-state index in [9.17, 15) is 4.39 Å². The minimum absolute atomic E-state index is 0.297. The van der Waals surface area contributed by atoms with Gasteiger partial charge in [-0.2, -0.15) is 0 Å². The number of halogens is 1. The third-order valence-electron chi connectivity index (χ3n) is 2.31. The summed E-state index contributed by atoms with van der Waals surface area (Å²) in [6.07, 6.45) is 0. The van der Waals surface area contributed by atoms with Crippen molar-refractivity contribution in [2.45, 2.75) is 6.54 Å². The number of hydrogen-bond acceptors (Lipinski definition) is 2. The second-order valence-electron chi connectivity index (χ2n) is 3.74. The third kappa shape index (κ3) is 3.29. The van der Waals surface area contributed by atoms with E-state index in [-0.39, 0.29) is 5.82 Å². The average molecular weight is 231 g/mol. The normalized spacial score (nSPS) is 10.2. The maximum atomic E-state index is 13.0. The van der Waals surface area contributed by atoms with Crippen LogP contribution in [0.5, 0.6) is 11.5 Å². The summed E-state index contributed by atoms with van der Waals surface area (Å²) in [6, 6.07) is 13.8. The van der Waals surface area contributed by atoms with Gasteiger partial charge in [-0.3, -0.25) is 0 Å². The zero-order valence-corrected chi connectivity index (χ0v) is 9.61. The summed E-state index contributed by atoms with van der Waals surface area (Å²) < 4.78 is 18.6. The van der Waals surface area contributed by atoms with Crippen LogP contribution in [-0.4, -0.2) is 7.05 Å². The fourth-order valence-corrected chi connectivity index (χ4v) is 1.59. The minimum atomic E-state index is -0.297. The summed E-state index contributed by atoms with van der Waals surface area (Å²) in [6.45, 7) is 0.778. The summed E-state index contributed by atoms with van der Waals surface area (Å²) in [5, 5.41) is 3.07. The summed E-state index contributed by atoms with van der Waals surface area (Å²) in [5.41, 5.74) is 1.13. The quantitative estimate of drug-likeness (QED) is 0.871. The Kier molecular flexibility index (Phi) is 3.73. The summed E-state index contributed by atoms with van der Waals surface area (Å²) in [4.78, 5) is 0. The van der Waals surface area contributed by atoms with Crippen molar-refractivity contribution < 1.29 is 9.13 Å². The molecule has 88 valence electrons. The van der Waals surface area contributed by atoms with Crippen molar-refractivity contribution in [1.29, 1.82) is 0 Å². The van der Waals surface area contributed by atoms with Crippen LogP contribution in [0.25, 0.3) is 0 Å². The van der Waals surface area contributed by atoms with E-state index in [2.05, 4.69) is 5.32 Å². The molecule has 0 unspecified atom stereocenters. The first-order chi connectivity index (χ1) is 8.28. The molecule has 0 radical (unpaired) electrons. The monoisotopic (exact) mass is 231 g/mol. The van der Waals surface area contributed by atoms with Gasteiger partial charge in [0.05, 0.1) is 0 Å². The molecule has 2 rings (SSSR count). The highest BCUT2D eigenvalue weighted by Crippen LogP contribution is 2.22. The highest BCUT2D eigenvalue weighted by atomic mass is 19.1. The van der Waals surface area contributed by atoms with Gasteiger partial charge in [0.1, 0.15) is 17.3 Å². The maximum Gasteiger partial charge on any atom is 0.130 e. The van der Waals surface area contributed by atoms with Gasteiger partial charge >= 0.3 is 0 Å². The second-order valence-corrected chi connectivity index (χ2v) is 3.74. The van der Waals surface area contributed by atoms with Gasteiger partial charge in [-0.25, -0.2) is 4.39 Å². The molecular formula is C14H14FNO. The molecule has 0 saturated heterocycles. The Labute approximate surface area is 100 Å². The Hall–Kier alpha value is -1.87. The van der Waals surface area contributed by atoms with Gasteiger partial charge in [-0.05, 0) is 36.9 Å². The van der Waals surface area contributed by atoms with E-state index < -0.39 is 0 Å². The van der Waals surface area contributed by atoms with Gasteiger partial charge in [0, 0.05) is 12.6 Å². The second kappa shape index (κ2) is 5.46. The highest BCUT2D eigenvalue weighted by molar-refractivity contribution is 5.34. The molecule has 2 aromatic rings. The molecule has 0 saturated carbocycles. The molecule has 0 amide bonds. The summed E-state index contributed by atoms with van der Waals surface area (Å²) in [5.74, 6) is 0.920. The molecule has 0 bridgehead atoms. The Morgan fingerprint density at radius 2 is 1.76 bits per heavy atom. The molecule has 0 heterocycles. The molecule has 0 fully saturated rings. The van der Waals surface area contributed by atoms with Crippen molar-refractivity contribution in [2.75, 3.05) is 7.05 Å². The van der Waals surface area contributed by atoms with Gasteiger partial charge in [-0.15, -0.1) is 0 Å². The lowest BCUT2D eigenvalue weighted by molar-refractivity contribution is 0.476. The number of hydrogen-bond donors (Lipinski definition) is 1. The first-order valence-electron chi connectivity index (χ1n) is 5.45. The molecule has 0 atom stereocenters. The van der Waals surface area contributed by atoms with Crippen LogP contribution in [0.15, 0.2) is 48.5 Å². The fourth-order valence-electron chi connectivity index (χ4n) is 1.59.